The van der Waals surface area contributed by atoms with Gasteiger partial charge in [0, 0.05) is 24.4 Å². The van der Waals surface area contributed by atoms with Crippen LogP contribution in [0, 0.1) is 0 Å². The van der Waals surface area contributed by atoms with E-state index in [0.29, 0.717) is 11.8 Å². The highest BCUT2D eigenvalue weighted by Gasteiger charge is 2.43. The number of aromatic nitrogens is 2. The second kappa shape index (κ2) is 9.61. The monoisotopic (exact) mass is 456 g/mol. The molecule has 5 rings (SSSR count). The third-order valence-electron chi connectivity index (χ3n) is 6.50. The number of fused-ring (bicyclic) bond motifs is 1. The fourth-order valence-electron chi connectivity index (χ4n) is 4.67. The maximum absolute atomic E-state index is 13.1. The molecule has 1 saturated carbocycles. The lowest BCUT2D eigenvalue weighted by Gasteiger charge is -2.30. The van der Waals surface area contributed by atoms with Crippen molar-refractivity contribution in [2.75, 3.05) is 5.32 Å². The summed E-state index contributed by atoms with van der Waals surface area (Å²) in [5, 5.41) is 6.53. The SMILES string of the molecule is CC(Nc1nccc([N+]2(NC(=O)NC3CCCCC3)C=Nc3ccccc32)n1)c1ccccc1. The van der Waals surface area contributed by atoms with Gasteiger partial charge >= 0.3 is 6.03 Å². The van der Waals surface area contributed by atoms with Crippen LogP contribution in [0.2, 0.25) is 0 Å². The summed E-state index contributed by atoms with van der Waals surface area (Å²) < 4.78 is -0.106. The predicted octanol–water partition coefficient (Wildman–Crippen LogP) is 5.51. The number of rotatable bonds is 6. The van der Waals surface area contributed by atoms with Gasteiger partial charge in [-0.25, -0.2) is 9.78 Å². The number of amides is 2. The summed E-state index contributed by atoms with van der Waals surface area (Å²) in [5.41, 5.74) is 5.91. The minimum Gasteiger partial charge on any atom is -0.348 e. The summed E-state index contributed by atoms with van der Waals surface area (Å²) in [6, 6.07) is 19.7. The molecule has 3 aromatic rings. The number of hydrogen-bond donors (Lipinski definition) is 3. The van der Waals surface area contributed by atoms with Crippen molar-refractivity contribution < 1.29 is 4.79 Å². The van der Waals surface area contributed by atoms with E-state index in [1.165, 1.54) is 6.42 Å². The number of nitrogens with zero attached hydrogens (tertiary/aromatic N) is 4. The second-order valence-electron chi connectivity index (χ2n) is 8.89. The predicted molar refractivity (Wildman–Crippen MR) is 135 cm³/mol. The highest BCUT2D eigenvalue weighted by Crippen LogP contribution is 2.41. The van der Waals surface area contributed by atoms with Crippen LogP contribution in [-0.2, 0) is 0 Å². The Bertz CT molecular complexity index is 1180. The van der Waals surface area contributed by atoms with Gasteiger partial charge in [-0.3, -0.25) is 0 Å². The molecule has 0 saturated heterocycles. The van der Waals surface area contributed by atoms with Crippen molar-refractivity contribution in [2.45, 2.75) is 51.1 Å². The van der Waals surface area contributed by atoms with Crippen molar-refractivity contribution in [3.8, 4) is 0 Å². The van der Waals surface area contributed by atoms with Gasteiger partial charge in [0.1, 0.15) is 5.69 Å². The molecule has 1 aliphatic carbocycles. The molecule has 0 radical (unpaired) electrons. The van der Waals surface area contributed by atoms with Crippen LogP contribution in [0.4, 0.5) is 27.9 Å². The number of anilines is 1. The Morgan fingerprint density at radius 3 is 2.59 bits per heavy atom. The van der Waals surface area contributed by atoms with Crippen LogP contribution in [0.25, 0.3) is 0 Å². The van der Waals surface area contributed by atoms with Crippen LogP contribution >= 0.6 is 0 Å². The maximum atomic E-state index is 13.1. The normalized spacial score (nSPS) is 20.4. The number of aliphatic imine (C=N–C) groups is 1. The molecule has 1 aromatic heterocycles. The number of carbonyl (C=O) groups excluding carboxylic acids is 1. The van der Waals surface area contributed by atoms with Gasteiger partial charge < -0.3 is 10.6 Å². The molecule has 2 heterocycles. The zero-order chi connectivity index (χ0) is 23.4. The first kappa shape index (κ1) is 22.0. The third-order valence-corrected chi connectivity index (χ3v) is 6.50. The van der Waals surface area contributed by atoms with E-state index in [4.69, 9.17) is 4.98 Å². The zero-order valence-corrected chi connectivity index (χ0v) is 19.3. The van der Waals surface area contributed by atoms with Crippen molar-refractivity contribution in [1.29, 1.82) is 0 Å². The molecule has 0 spiro atoms. The standard InChI is InChI=1S/C26H29N7O/c1-19(20-10-4-2-5-11-20)29-25-27-17-16-24(31-25)33(18-28-22-14-8-9-15-23(22)33)32-26(34)30-21-12-6-3-7-13-21/h2,4-5,8-11,14-19,21H,3,6-7,12-13H2,1H3,(H2-,27,29,30,31,32,34)/p+1. The lowest BCUT2D eigenvalue weighted by molar-refractivity contribution is 0.221. The zero-order valence-electron chi connectivity index (χ0n) is 19.3. The van der Waals surface area contributed by atoms with Crippen LogP contribution in [-0.4, -0.2) is 28.4 Å². The summed E-state index contributed by atoms with van der Waals surface area (Å²) in [6.45, 7) is 2.07. The molecule has 2 aliphatic rings. The van der Waals surface area contributed by atoms with Crippen LogP contribution in [0.1, 0.15) is 50.6 Å². The fraction of sp³-hybridized carbons (Fsp3) is 0.308. The highest BCUT2D eigenvalue weighted by atomic mass is 16.2. The number of para-hydroxylation sites is 2. The quantitative estimate of drug-likeness (QED) is 0.427. The summed E-state index contributed by atoms with van der Waals surface area (Å²) in [4.78, 5) is 27.0. The minimum atomic E-state index is -0.235. The van der Waals surface area contributed by atoms with Crippen LogP contribution in [0.5, 0.6) is 0 Å². The first-order chi connectivity index (χ1) is 16.6. The van der Waals surface area contributed by atoms with Gasteiger partial charge in [-0.15, -0.1) is 0 Å². The number of benzene rings is 2. The van der Waals surface area contributed by atoms with E-state index >= 15 is 0 Å². The Morgan fingerprint density at radius 2 is 1.76 bits per heavy atom. The largest absolute Gasteiger partial charge is 0.360 e. The number of hydrogen-bond acceptors (Lipinski definition) is 5. The molecule has 174 valence electrons. The Hall–Kier alpha value is -3.78. The number of urea groups is 1. The molecule has 2 atom stereocenters. The summed E-state index contributed by atoms with van der Waals surface area (Å²) in [5.74, 6) is 1.09. The molecule has 2 amide bonds. The molecule has 1 aliphatic heterocycles. The molecule has 34 heavy (non-hydrogen) atoms. The summed E-state index contributed by atoms with van der Waals surface area (Å²) >= 11 is 0. The first-order valence-corrected chi connectivity index (χ1v) is 11.9. The van der Waals surface area contributed by atoms with E-state index < -0.39 is 0 Å². The Morgan fingerprint density at radius 1 is 1.00 bits per heavy atom. The van der Waals surface area contributed by atoms with Crippen LogP contribution in [0.15, 0.2) is 71.9 Å². The molecule has 2 unspecified atom stereocenters. The minimum absolute atomic E-state index is 0.0204. The van der Waals surface area contributed by atoms with E-state index in [0.717, 1.165) is 42.6 Å². The molecule has 8 heteroatoms. The molecule has 3 N–H and O–H groups in total. The number of nitrogens with one attached hydrogen (secondary N) is 3. The smallest absolute Gasteiger partial charge is 0.348 e. The Kier molecular flexibility index (Phi) is 6.22. The molecule has 0 bridgehead atoms. The fourth-order valence-corrected chi connectivity index (χ4v) is 4.67. The average Bonchev–Trinajstić information content (AvgIpc) is 3.25. The van der Waals surface area contributed by atoms with Crippen molar-refractivity contribution >= 4 is 35.5 Å². The summed E-state index contributed by atoms with van der Waals surface area (Å²) in [7, 11) is 0. The van der Waals surface area contributed by atoms with Gasteiger partial charge in [0.15, 0.2) is 5.69 Å². The van der Waals surface area contributed by atoms with Crippen molar-refractivity contribution in [1.82, 2.24) is 25.3 Å². The van der Waals surface area contributed by atoms with Gasteiger partial charge in [-0.05, 0) is 31.4 Å². The molecule has 8 nitrogen and oxygen atoms in total. The van der Waals surface area contributed by atoms with Crippen molar-refractivity contribution in [2.24, 2.45) is 4.99 Å². The number of quaternary nitrogens is 1. The van der Waals surface area contributed by atoms with E-state index in [-0.39, 0.29) is 22.7 Å². The highest BCUT2D eigenvalue weighted by molar-refractivity contribution is 5.96. The van der Waals surface area contributed by atoms with Gasteiger partial charge in [-0.2, -0.15) is 15.4 Å². The van der Waals surface area contributed by atoms with Crippen LogP contribution < -0.4 is 20.7 Å². The topological polar surface area (TPSA) is 91.3 Å². The van der Waals surface area contributed by atoms with Crippen molar-refractivity contribution in [3.05, 3.63) is 72.4 Å². The lowest BCUT2D eigenvalue weighted by Crippen LogP contribution is -2.60. The Labute approximate surface area is 199 Å². The van der Waals surface area contributed by atoms with Gasteiger partial charge in [-0.1, -0.05) is 66.3 Å². The first-order valence-electron chi connectivity index (χ1n) is 11.9. The van der Waals surface area contributed by atoms with Gasteiger partial charge in [0.25, 0.3) is 5.82 Å². The Balaban J connectivity index is 1.44. The number of carbonyl (C=O) groups is 1. The second-order valence-corrected chi connectivity index (χ2v) is 8.89. The van der Waals surface area contributed by atoms with E-state index in [2.05, 4.69) is 45.1 Å². The van der Waals surface area contributed by atoms with Gasteiger partial charge in [0.2, 0.25) is 12.3 Å². The molecule has 1 fully saturated rings. The lowest BCUT2D eigenvalue weighted by atomic mass is 9.96. The van der Waals surface area contributed by atoms with E-state index in [1.54, 1.807) is 12.5 Å². The van der Waals surface area contributed by atoms with E-state index in [9.17, 15) is 4.79 Å². The van der Waals surface area contributed by atoms with Crippen LogP contribution in [0.3, 0.4) is 0 Å². The molecular weight excluding hydrogens is 426 g/mol. The van der Waals surface area contributed by atoms with Gasteiger partial charge in [0.05, 0.1) is 6.04 Å². The molecule has 2 aromatic carbocycles. The maximum Gasteiger partial charge on any atom is 0.360 e. The summed E-state index contributed by atoms with van der Waals surface area (Å²) in [6.07, 6.45) is 8.98. The van der Waals surface area contributed by atoms with Crippen molar-refractivity contribution in [3.63, 3.8) is 0 Å². The third kappa shape index (κ3) is 4.49. The van der Waals surface area contributed by atoms with E-state index in [1.807, 2.05) is 48.5 Å². The average molecular weight is 457 g/mol. The molecular formula is C26H30N7O+.